The number of ether oxygens (including phenoxy) is 1. The molecule has 26 heavy (non-hydrogen) atoms. The Morgan fingerprint density at radius 2 is 1.88 bits per heavy atom. The number of anilines is 1. The molecule has 1 amide bonds. The van der Waals surface area contributed by atoms with Crippen LogP contribution in [0, 0.1) is 13.8 Å². The van der Waals surface area contributed by atoms with Crippen LogP contribution in [-0.4, -0.2) is 18.0 Å². The molecule has 5 heteroatoms. The average molecular weight is 372 g/mol. The highest BCUT2D eigenvalue weighted by Gasteiger charge is 2.25. The van der Waals surface area contributed by atoms with Gasteiger partial charge in [-0.1, -0.05) is 25.1 Å². The van der Waals surface area contributed by atoms with E-state index in [4.69, 9.17) is 4.74 Å². The molecule has 0 fully saturated rings. The molecule has 0 saturated heterocycles. The molecule has 1 aromatic carbocycles. The van der Waals surface area contributed by atoms with Gasteiger partial charge in [0.15, 0.2) is 6.10 Å². The number of aryl methyl sites for hydroxylation is 4. The van der Waals surface area contributed by atoms with E-state index < -0.39 is 12.1 Å². The quantitative estimate of drug-likeness (QED) is 0.767. The highest BCUT2D eigenvalue weighted by atomic mass is 32.1. The molecular weight excluding hydrogens is 346 g/mol. The van der Waals surface area contributed by atoms with Crippen molar-refractivity contribution >= 4 is 28.9 Å². The van der Waals surface area contributed by atoms with E-state index in [2.05, 4.69) is 5.32 Å². The largest absolute Gasteiger partial charge is 0.448 e. The Morgan fingerprint density at radius 1 is 1.19 bits per heavy atom. The zero-order chi connectivity index (χ0) is 18.7. The number of hydrogen-bond acceptors (Lipinski definition) is 4. The third-order valence-corrected chi connectivity index (χ3v) is 6.06. The molecule has 1 atom stereocenters. The second-order valence-electron chi connectivity index (χ2n) is 6.82. The molecule has 1 heterocycles. The average Bonchev–Trinajstić information content (AvgIpc) is 3.07. The van der Waals surface area contributed by atoms with Crippen LogP contribution in [0.5, 0.6) is 0 Å². The predicted octanol–water partition coefficient (Wildman–Crippen LogP) is 4.82. The van der Waals surface area contributed by atoms with E-state index >= 15 is 0 Å². The van der Waals surface area contributed by atoms with Gasteiger partial charge in [-0.2, -0.15) is 0 Å². The first-order valence-corrected chi connectivity index (χ1v) is 10.0. The van der Waals surface area contributed by atoms with E-state index in [1.807, 2.05) is 45.0 Å². The van der Waals surface area contributed by atoms with Crippen molar-refractivity contribution in [3.05, 3.63) is 50.7 Å². The Morgan fingerprint density at radius 3 is 2.54 bits per heavy atom. The van der Waals surface area contributed by atoms with Crippen LogP contribution in [0.3, 0.4) is 0 Å². The monoisotopic (exact) mass is 371 g/mol. The number of thiophene rings is 1. The van der Waals surface area contributed by atoms with Crippen molar-refractivity contribution in [1.29, 1.82) is 0 Å². The molecule has 0 spiro atoms. The maximum atomic E-state index is 12.6. The zero-order valence-corrected chi connectivity index (χ0v) is 16.4. The van der Waals surface area contributed by atoms with Gasteiger partial charge in [0.1, 0.15) is 4.88 Å². The summed E-state index contributed by atoms with van der Waals surface area (Å²) >= 11 is 1.51. The standard InChI is InChI=1S/C21H25NO3S/c1-4-16(20(23)22-19-13(2)8-7-9-14(19)3)25-21(24)18-12-15-10-5-6-11-17(15)26-18/h7-9,12,16H,4-6,10-11H2,1-3H3,(H,22,23). The third kappa shape index (κ3) is 3.98. The molecule has 0 aliphatic heterocycles. The van der Waals surface area contributed by atoms with Gasteiger partial charge in [-0.15, -0.1) is 11.3 Å². The molecule has 3 rings (SSSR count). The Balaban J connectivity index is 1.69. The Labute approximate surface area is 158 Å². The van der Waals surface area contributed by atoms with E-state index in [9.17, 15) is 9.59 Å². The number of nitrogens with one attached hydrogen (secondary N) is 1. The lowest BCUT2D eigenvalue weighted by Gasteiger charge is -2.17. The number of rotatable bonds is 5. The third-order valence-electron chi connectivity index (χ3n) is 4.84. The van der Waals surface area contributed by atoms with Crippen LogP contribution in [0.25, 0.3) is 0 Å². The SMILES string of the molecule is CCC(OC(=O)c1cc2c(s1)CCCC2)C(=O)Nc1c(C)cccc1C. The summed E-state index contributed by atoms with van der Waals surface area (Å²) in [5.41, 5.74) is 4.04. The minimum Gasteiger partial charge on any atom is -0.448 e. The van der Waals surface area contributed by atoms with E-state index in [1.165, 1.54) is 34.6 Å². The van der Waals surface area contributed by atoms with Crippen molar-refractivity contribution in [2.75, 3.05) is 5.32 Å². The van der Waals surface area contributed by atoms with Gasteiger partial charge in [-0.25, -0.2) is 4.79 Å². The van der Waals surface area contributed by atoms with E-state index in [0.29, 0.717) is 11.3 Å². The topological polar surface area (TPSA) is 55.4 Å². The Kier molecular flexibility index (Phi) is 5.77. The van der Waals surface area contributed by atoms with Gasteiger partial charge in [0, 0.05) is 10.6 Å². The first kappa shape index (κ1) is 18.6. The van der Waals surface area contributed by atoms with Crippen LogP contribution in [0.2, 0.25) is 0 Å². The fourth-order valence-corrected chi connectivity index (χ4v) is 4.45. The predicted molar refractivity (Wildman–Crippen MR) is 105 cm³/mol. The maximum absolute atomic E-state index is 12.6. The normalized spacial score (nSPS) is 14.4. The van der Waals surface area contributed by atoms with Gasteiger partial charge < -0.3 is 10.1 Å². The van der Waals surface area contributed by atoms with Crippen LogP contribution < -0.4 is 5.32 Å². The van der Waals surface area contributed by atoms with Crippen molar-refractivity contribution in [1.82, 2.24) is 0 Å². The number of benzene rings is 1. The Hall–Kier alpha value is -2.14. The van der Waals surface area contributed by atoms with Gasteiger partial charge in [0.05, 0.1) is 0 Å². The van der Waals surface area contributed by atoms with Gasteiger partial charge in [0.2, 0.25) is 0 Å². The summed E-state index contributed by atoms with van der Waals surface area (Å²) in [7, 11) is 0. The summed E-state index contributed by atoms with van der Waals surface area (Å²) in [6.45, 7) is 5.75. The summed E-state index contributed by atoms with van der Waals surface area (Å²) in [6, 6.07) is 7.80. The lowest BCUT2D eigenvalue weighted by molar-refractivity contribution is -0.124. The number of carbonyl (C=O) groups is 2. The van der Waals surface area contributed by atoms with Crippen LogP contribution >= 0.6 is 11.3 Å². The molecule has 138 valence electrons. The van der Waals surface area contributed by atoms with Crippen LogP contribution in [0.4, 0.5) is 5.69 Å². The summed E-state index contributed by atoms with van der Waals surface area (Å²) in [5.74, 6) is -0.674. The molecule has 2 aromatic rings. The number of fused-ring (bicyclic) bond motifs is 1. The highest BCUT2D eigenvalue weighted by molar-refractivity contribution is 7.14. The summed E-state index contributed by atoms with van der Waals surface area (Å²) < 4.78 is 5.54. The zero-order valence-electron chi connectivity index (χ0n) is 15.6. The summed E-state index contributed by atoms with van der Waals surface area (Å²) in [6.07, 6.45) is 4.07. The minimum absolute atomic E-state index is 0.278. The van der Waals surface area contributed by atoms with Crippen molar-refractivity contribution in [2.45, 2.75) is 59.0 Å². The first-order chi connectivity index (χ1) is 12.5. The van der Waals surface area contributed by atoms with Crippen LogP contribution in [-0.2, 0) is 22.4 Å². The first-order valence-electron chi connectivity index (χ1n) is 9.19. The van der Waals surface area contributed by atoms with Gasteiger partial charge in [0.25, 0.3) is 5.91 Å². The molecule has 0 saturated carbocycles. The maximum Gasteiger partial charge on any atom is 0.349 e. The van der Waals surface area contributed by atoms with Gasteiger partial charge in [-0.05, 0) is 68.7 Å². The molecular formula is C21H25NO3S. The number of para-hydroxylation sites is 1. The van der Waals surface area contributed by atoms with E-state index in [1.54, 1.807) is 0 Å². The molecule has 1 aromatic heterocycles. The Bertz CT molecular complexity index is 781. The highest BCUT2D eigenvalue weighted by Crippen LogP contribution is 2.30. The van der Waals surface area contributed by atoms with Gasteiger partial charge >= 0.3 is 5.97 Å². The minimum atomic E-state index is -0.791. The molecule has 1 unspecified atom stereocenters. The molecule has 1 aliphatic carbocycles. The van der Waals surface area contributed by atoms with Crippen molar-refractivity contribution in [2.24, 2.45) is 0 Å². The van der Waals surface area contributed by atoms with Crippen LogP contribution in [0.15, 0.2) is 24.3 Å². The smallest absolute Gasteiger partial charge is 0.349 e. The second kappa shape index (κ2) is 8.04. The molecule has 0 bridgehead atoms. The lowest BCUT2D eigenvalue weighted by Crippen LogP contribution is -2.32. The number of esters is 1. The van der Waals surface area contributed by atoms with Crippen LogP contribution in [0.1, 0.15) is 57.4 Å². The molecule has 1 N–H and O–H groups in total. The van der Waals surface area contributed by atoms with Crippen molar-refractivity contribution in [3.63, 3.8) is 0 Å². The molecule has 0 radical (unpaired) electrons. The fraction of sp³-hybridized carbons (Fsp3) is 0.429. The number of amides is 1. The fourth-order valence-electron chi connectivity index (χ4n) is 3.32. The van der Waals surface area contributed by atoms with E-state index in [0.717, 1.165) is 29.7 Å². The van der Waals surface area contributed by atoms with Gasteiger partial charge in [-0.3, -0.25) is 4.79 Å². The number of carbonyl (C=O) groups excluding carboxylic acids is 2. The molecule has 4 nitrogen and oxygen atoms in total. The summed E-state index contributed by atoms with van der Waals surface area (Å²) in [5, 5.41) is 2.92. The summed E-state index contributed by atoms with van der Waals surface area (Å²) in [4.78, 5) is 27.1. The van der Waals surface area contributed by atoms with Crippen molar-refractivity contribution < 1.29 is 14.3 Å². The van der Waals surface area contributed by atoms with Crippen molar-refractivity contribution in [3.8, 4) is 0 Å². The number of hydrogen-bond donors (Lipinski definition) is 1. The lowest BCUT2D eigenvalue weighted by atomic mass is 9.99. The second-order valence-corrected chi connectivity index (χ2v) is 7.96. The molecule has 1 aliphatic rings. The van der Waals surface area contributed by atoms with E-state index in [-0.39, 0.29) is 5.91 Å².